The molecule has 4 fully saturated rings. The van der Waals surface area contributed by atoms with Crippen LogP contribution in [0.3, 0.4) is 0 Å². The van der Waals surface area contributed by atoms with Crippen LogP contribution in [-0.4, -0.2) is 5.54 Å². The molecule has 2 N–H and O–H groups in total. The van der Waals surface area contributed by atoms with Crippen molar-refractivity contribution < 1.29 is 0 Å². The standard InChI is InChI=1S/C13H23N.ClH/c1-2-3-13(14)11-5-9-4-10(7-11)8-12(13)6-9;/h9-12H,2-8,14H2,1H3;1H. The number of rotatable bonds is 2. The molecule has 1 nitrogen and oxygen atoms in total. The van der Waals surface area contributed by atoms with Gasteiger partial charge in [-0.1, -0.05) is 13.3 Å². The molecule has 0 radical (unpaired) electrons. The van der Waals surface area contributed by atoms with Gasteiger partial charge >= 0.3 is 0 Å². The first-order chi connectivity index (χ1) is 6.72. The third kappa shape index (κ3) is 1.63. The van der Waals surface area contributed by atoms with Crippen molar-refractivity contribution in [2.24, 2.45) is 29.4 Å². The highest BCUT2D eigenvalue weighted by atomic mass is 35.5. The first-order valence-corrected chi connectivity index (χ1v) is 6.51. The molecule has 0 spiro atoms. The van der Waals surface area contributed by atoms with E-state index in [2.05, 4.69) is 6.92 Å². The van der Waals surface area contributed by atoms with E-state index in [1.54, 1.807) is 0 Å². The Morgan fingerprint density at radius 2 is 1.47 bits per heavy atom. The Morgan fingerprint density at radius 1 is 1.00 bits per heavy atom. The third-order valence-electron chi connectivity index (χ3n) is 5.34. The van der Waals surface area contributed by atoms with Crippen molar-refractivity contribution in [1.29, 1.82) is 0 Å². The Morgan fingerprint density at radius 3 is 1.87 bits per heavy atom. The average Bonchev–Trinajstić information content (AvgIpc) is 2.14. The van der Waals surface area contributed by atoms with Gasteiger partial charge in [0.2, 0.25) is 0 Å². The van der Waals surface area contributed by atoms with Gasteiger partial charge in [-0.3, -0.25) is 0 Å². The molecule has 0 unspecified atom stereocenters. The Labute approximate surface area is 99.6 Å². The van der Waals surface area contributed by atoms with Crippen molar-refractivity contribution >= 4 is 12.4 Å². The van der Waals surface area contributed by atoms with Crippen LogP contribution in [0.5, 0.6) is 0 Å². The van der Waals surface area contributed by atoms with Crippen LogP contribution in [0, 0.1) is 23.7 Å². The molecular weight excluding hydrogens is 206 g/mol. The predicted octanol–water partition coefficient (Wildman–Crippen LogP) is 3.36. The Balaban J connectivity index is 0.000000853. The molecule has 4 aliphatic carbocycles. The van der Waals surface area contributed by atoms with Gasteiger partial charge in [0.25, 0.3) is 0 Å². The van der Waals surface area contributed by atoms with Crippen molar-refractivity contribution in [1.82, 2.24) is 0 Å². The van der Waals surface area contributed by atoms with Gasteiger partial charge in [0.15, 0.2) is 0 Å². The molecule has 4 aliphatic rings. The fraction of sp³-hybridized carbons (Fsp3) is 1.00. The molecule has 0 aromatic heterocycles. The Hall–Kier alpha value is 0.250. The van der Waals surface area contributed by atoms with Crippen LogP contribution in [0.1, 0.15) is 51.9 Å². The van der Waals surface area contributed by atoms with E-state index >= 15 is 0 Å². The summed E-state index contributed by atoms with van der Waals surface area (Å²) in [5, 5.41) is 0. The second-order valence-electron chi connectivity index (χ2n) is 6.17. The summed E-state index contributed by atoms with van der Waals surface area (Å²) in [5.41, 5.74) is 6.95. The smallest absolute Gasteiger partial charge is 0.0211 e. The number of halogens is 1. The van der Waals surface area contributed by atoms with Crippen LogP contribution in [-0.2, 0) is 0 Å². The molecule has 0 aliphatic heterocycles. The summed E-state index contributed by atoms with van der Waals surface area (Å²) in [6, 6.07) is 0. The molecule has 0 heterocycles. The van der Waals surface area contributed by atoms with Crippen LogP contribution in [0.2, 0.25) is 0 Å². The third-order valence-corrected chi connectivity index (χ3v) is 5.34. The van der Waals surface area contributed by atoms with E-state index in [1.807, 2.05) is 0 Å². The molecule has 88 valence electrons. The van der Waals surface area contributed by atoms with E-state index in [0.717, 1.165) is 23.7 Å². The first kappa shape index (κ1) is 11.7. The maximum Gasteiger partial charge on any atom is 0.0211 e. The molecule has 4 bridgehead atoms. The molecule has 0 atom stereocenters. The van der Waals surface area contributed by atoms with Crippen LogP contribution in [0.15, 0.2) is 0 Å². The predicted molar refractivity (Wildman–Crippen MR) is 66.1 cm³/mol. The minimum atomic E-state index is 0. The van der Waals surface area contributed by atoms with Gasteiger partial charge in [-0.05, 0) is 62.2 Å². The lowest BCUT2D eigenvalue weighted by molar-refractivity contribution is -0.0589. The largest absolute Gasteiger partial charge is 0.325 e. The zero-order chi connectivity index (χ0) is 9.76. The van der Waals surface area contributed by atoms with E-state index in [1.165, 1.54) is 44.9 Å². The van der Waals surface area contributed by atoms with E-state index < -0.39 is 0 Å². The fourth-order valence-electron chi connectivity index (χ4n) is 4.90. The second kappa shape index (κ2) is 3.92. The van der Waals surface area contributed by atoms with Gasteiger partial charge in [-0.2, -0.15) is 0 Å². The van der Waals surface area contributed by atoms with Crippen LogP contribution >= 0.6 is 12.4 Å². The van der Waals surface area contributed by atoms with E-state index in [9.17, 15) is 0 Å². The number of nitrogens with two attached hydrogens (primary N) is 1. The summed E-state index contributed by atoms with van der Waals surface area (Å²) in [7, 11) is 0. The van der Waals surface area contributed by atoms with Crippen molar-refractivity contribution in [2.45, 2.75) is 57.4 Å². The quantitative estimate of drug-likeness (QED) is 0.772. The topological polar surface area (TPSA) is 26.0 Å². The lowest BCUT2D eigenvalue weighted by atomic mass is 9.48. The molecule has 0 amide bonds. The van der Waals surface area contributed by atoms with E-state index in [0.29, 0.717) is 0 Å². The normalized spacial score (nSPS) is 51.6. The lowest BCUT2D eigenvalue weighted by Gasteiger charge is -2.60. The Kier molecular flexibility index (Phi) is 3.07. The van der Waals surface area contributed by atoms with Crippen molar-refractivity contribution in [3.05, 3.63) is 0 Å². The highest BCUT2D eigenvalue weighted by Crippen LogP contribution is 2.58. The second-order valence-corrected chi connectivity index (χ2v) is 6.17. The van der Waals surface area contributed by atoms with Crippen molar-refractivity contribution in [3.63, 3.8) is 0 Å². The maximum atomic E-state index is 6.70. The average molecular weight is 230 g/mol. The summed E-state index contributed by atoms with van der Waals surface area (Å²) in [5.74, 6) is 3.90. The lowest BCUT2D eigenvalue weighted by Crippen LogP contribution is -2.62. The van der Waals surface area contributed by atoms with Gasteiger partial charge in [0.1, 0.15) is 0 Å². The zero-order valence-electron chi connectivity index (χ0n) is 9.74. The maximum absolute atomic E-state index is 6.70. The van der Waals surface area contributed by atoms with Gasteiger partial charge in [-0.15, -0.1) is 12.4 Å². The van der Waals surface area contributed by atoms with E-state index in [4.69, 9.17) is 5.73 Å². The summed E-state index contributed by atoms with van der Waals surface area (Å²) in [6.07, 6.45) is 9.94. The molecule has 2 heteroatoms. The fourth-order valence-corrected chi connectivity index (χ4v) is 4.90. The minimum absolute atomic E-state index is 0. The van der Waals surface area contributed by atoms with E-state index in [-0.39, 0.29) is 17.9 Å². The van der Waals surface area contributed by atoms with Crippen LogP contribution < -0.4 is 5.73 Å². The summed E-state index contributed by atoms with van der Waals surface area (Å²) < 4.78 is 0. The Bertz CT molecular complexity index is 211. The highest BCUT2D eigenvalue weighted by molar-refractivity contribution is 5.85. The van der Waals surface area contributed by atoms with Crippen molar-refractivity contribution in [2.75, 3.05) is 0 Å². The van der Waals surface area contributed by atoms with Gasteiger partial charge in [0.05, 0.1) is 0 Å². The van der Waals surface area contributed by atoms with Crippen LogP contribution in [0.25, 0.3) is 0 Å². The SMILES string of the molecule is CCCC1(N)C2CC3CC(C2)CC1C3.Cl. The highest BCUT2D eigenvalue weighted by Gasteiger charge is 2.54. The van der Waals surface area contributed by atoms with Gasteiger partial charge in [0, 0.05) is 5.54 Å². The zero-order valence-corrected chi connectivity index (χ0v) is 10.6. The first-order valence-electron chi connectivity index (χ1n) is 6.51. The molecule has 4 saturated carbocycles. The van der Waals surface area contributed by atoms with Crippen molar-refractivity contribution in [3.8, 4) is 0 Å². The number of hydrogen-bond acceptors (Lipinski definition) is 1. The summed E-state index contributed by atoms with van der Waals surface area (Å²) in [6.45, 7) is 2.29. The van der Waals surface area contributed by atoms with Gasteiger partial charge in [-0.25, -0.2) is 0 Å². The van der Waals surface area contributed by atoms with Crippen LogP contribution in [0.4, 0.5) is 0 Å². The van der Waals surface area contributed by atoms with Gasteiger partial charge < -0.3 is 5.73 Å². The molecule has 15 heavy (non-hydrogen) atoms. The molecule has 4 rings (SSSR count). The monoisotopic (exact) mass is 229 g/mol. The number of hydrogen-bond donors (Lipinski definition) is 1. The molecule has 0 saturated heterocycles. The molecule has 0 aromatic rings. The molecule has 0 aromatic carbocycles. The molecular formula is C13H24ClN. The summed E-state index contributed by atoms with van der Waals surface area (Å²) in [4.78, 5) is 0. The summed E-state index contributed by atoms with van der Waals surface area (Å²) >= 11 is 0. The minimum Gasteiger partial charge on any atom is -0.325 e.